The number of hydrogen-bond donors (Lipinski definition) is 1. The lowest BCUT2D eigenvalue weighted by atomic mass is 10.1. The highest BCUT2D eigenvalue weighted by Gasteiger charge is 2.24. The molecule has 1 atom stereocenters. The molecule has 0 spiro atoms. The van der Waals surface area contributed by atoms with Crippen LogP contribution < -0.4 is 15.0 Å². The normalized spacial score (nSPS) is 19.8. The van der Waals surface area contributed by atoms with Crippen LogP contribution in [0.25, 0.3) is 0 Å². The minimum atomic E-state index is 0. The van der Waals surface area contributed by atoms with Crippen LogP contribution in [0.1, 0.15) is 20.3 Å². The van der Waals surface area contributed by atoms with Gasteiger partial charge in [0.05, 0.1) is 7.11 Å². The van der Waals surface area contributed by atoms with Crippen LogP contribution in [0.15, 0.2) is 29.3 Å². The lowest BCUT2D eigenvalue weighted by Gasteiger charge is -2.36. The minimum Gasteiger partial charge on any atom is -0.497 e. The van der Waals surface area contributed by atoms with Gasteiger partial charge in [0, 0.05) is 71.0 Å². The van der Waals surface area contributed by atoms with Crippen molar-refractivity contribution in [3.63, 3.8) is 0 Å². The Morgan fingerprint density at radius 2 is 1.93 bits per heavy atom. The van der Waals surface area contributed by atoms with Gasteiger partial charge in [-0.1, -0.05) is 6.07 Å². The van der Waals surface area contributed by atoms with E-state index < -0.39 is 0 Å². The fourth-order valence-electron chi connectivity index (χ4n) is 3.90. The third kappa shape index (κ3) is 6.38. The number of piperazine rings is 1. The van der Waals surface area contributed by atoms with Crippen LogP contribution in [-0.2, 0) is 4.79 Å². The molecular weight excluding hydrogens is 481 g/mol. The molecule has 162 valence electrons. The number of amides is 1. The Balaban J connectivity index is 0.00000300. The Morgan fingerprint density at radius 3 is 2.59 bits per heavy atom. The molecule has 2 aliphatic heterocycles. The standard InChI is InChI=1S/C21H33N5O2.HI/c1-4-22-21(25-12-10-24(11-13-25)17(2)27)23-15-18-8-9-26(16-18)19-6-5-7-20(14-19)28-3;/h5-7,14,18H,4,8-13,15-16H2,1-3H3,(H,22,23);1H. The molecule has 7 nitrogen and oxygen atoms in total. The molecule has 0 bridgehead atoms. The van der Waals surface area contributed by atoms with Crippen molar-refractivity contribution in [2.75, 3.05) is 64.4 Å². The first kappa shape index (κ1) is 23.6. The number of carbonyl (C=O) groups excluding carboxylic acids is 1. The van der Waals surface area contributed by atoms with Crippen molar-refractivity contribution in [2.24, 2.45) is 10.9 Å². The molecule has 2 fully saturated rings. The fourth-order valence-corrected chi connectivity index (χ4v) is 3.90. The predicted octanol–water partition coefficient (Wildman–Crippen LogP) is 2.27. The first-order valence-corrected chi connectivity index (χ1v) is 10.3. The van der Waals surface area contributed by atoms with E-state index in [0.717, 1.165) is 70.5 Å². The van der Waals surface area contributed by atoms with Gasteiger partial charge in [0.2, 0.25) is 5.91 Å². The summed E-state index contributed by atoms with van der Waals surface area (Å²) in [6.07, 6.45) is 1.15. The maximum absolute atomic E-state index is 11.5. The number of ether oxygens (including phenoxy) is 1. The second-order valence-electron chi connectivity index (χ2n) is 7.49. The Hall–Kier alpha value is -1.71. The van der Waals surface area contributed by atoms with E-state index in [2.05, 4.69) is 34.2 Å². The van der Waals surface area contributed by atoms with E-state index in [1.807, 2.05) is 17.0 Å². The third-order valence-corrected chi connectivity index (χ3v) is 5.56. The van der Waals surface area contributed by atoms with Crippen molar-refractivity contribution >= 4 is 41.5 Å². The van der Waals surface area contributed by atoms with Crippen molar-refractivity contribution in [3.8, 4) is 5.75 Å². The second kappa shape index (κ2) is 11.5. The van der Waals surface area contributed by atoms with Gasteiger partial charge in [-0.05, 0) is 31.4 Å². The van der Waals surface area contributed by atoms with Crippen LogP contribution in [0.4, 0.5) is 5.69 Å². The van der Waals surface area contributed by atoms with Gasteiger partial charge in [-0.15, -0.1) is 24.0 Å². The van der Waals surface area contributed by atoms with Gasteiger partial charge in [0.25, 0.3) is 0 Å². The van der Waals surface area contributed by atoms with Gasteiger partial charge >= 0.3 is 0 Å². The monoisotopic (exact) mass is 515 g/mol. The lowest BCUT2D eigenvalue weighted by Crippen LogP contribution is -2.53. The molecule has 3 rings (SSSR count). The number of halogens is 1. The second-order valence-corrected chi connectivity index (χ2v) is 7.49. The summed E-state index contributed by atoms with van der Waals surface area (Å²) in [7, 11) is 1.71. The molecule has 29 heavy (non-hydrogen) atoms. The Bertz CT molecular complexity index is 691. The van der Waals surface area contributed by atoms with Crippen LogP contribution >= 0.6 is 24.0 Å². The quantitative estimate of drug-likeness (QED) is 0.371. The SMILES string of the molecule is CCNC(=NCC1CCN(c2cccc(OC)c2)C1)N1CCN(C(C)=O)CC1.I. The van der Waals surface area contributed by atoms with Crippen LogP contribution in [0, 0.1) is 5.92 Å². The first-order valence-electron chi connectivity index (χ1n) is 10.3. The molecular formula is C21H34IN5O2. The summed E-state index contributed by atoms with van der Waals surface area (Å²) in [5, 5.41) is 3.42. The van der Waals surface area contributed by atoms with E-state index in [-0.39, 0.29) is 29.9 Å². The molecule has 1 unspecified atom stereocenters. The van der Waals surface area contributed by atoms with Gasteiger partial charge in [-0.3, -0.25) is 9.79 Å². The highest BCUT2D eigenvalue weighted by molar-refractivity contribution is 14.0. The van der Waals surface area contributed by atoms with Gasteiger partial charge in [-0.2, -0.15) is 0 Å². The summed E-state index contributed by atoms with van der Waals surface area (Å²) in [6.45, 7) is 10.7. The maximum atomic E-state index is 11.5. The van der Waals surface area contributed by atoms with E-state index in [0.29, 0.717) is 5.92 Å². The lowest BCUT2D eigenvalue weighted by molar-refractivity contribution is -0.130. The number of rotatable bonds is 5. The van der Waals surface area contributed by atoms with Crippen LogP contribution in [0.2, 0.25) is 0 Å². The highest BCUT2D eigenvalue weighted by Crippen LogP contribution is 2.27. The summed E-state index contributed by atoms with van der Waals surface area (Å²) in [6, 6.07) is 8.27. The number of aliphatic imine (C=N–C) groups is 1. The van der Waals surface area contributed by atoms with Crippen molar-refractivity contribution < 1.29 is 9.53 Å². The van der Waals surface area contributed by atoms with Crippen molar-refractivity contribution in [1.29, 1.82) is 0 Å². The smallest absolute Gasteiger partial charge is 0.219 e. The summed E-state index contributed by atoms with van der Waals surface area (Å²) < 4.78 is 5.35. The summed E-state index contributed by atoms with van der Waals surface area (Å²) in [4.78, 5) is 23.1. The van der Waals surface area contributed by atoms with Crippen LogP contribution in [0.5, 0.6) is 5.75 Å². The van der Waals surface area contributed by atoms with E-state index in [4.69, 9.17) is 9.73 Å². The van der Waals surface area contributed by atoms with Crippen molar-refractivity contribution in [3.05, 3.63) is 24.3 Å². The van der Waals surface area contributed by atoms with Gasteiger partial charge < -0.3 is 24.8 Å². The first-order chi connectivity index (χ1) is 13.6. The largest absolute Gasteiger partial charge is 0.497 e. The number of methoxy groups -OCH3 is 1. The highest BCUT2D eigenvalue weighted by atomic mass is 127. The molecule has 2 aliphatic rings. The van der Waals surface area contributed by atoms with E-state index in [1.165, 1.54) is 5.69 Å². The van der Waals surface area contributed by atoms with E-state index >= 15 is 0 Å². The molecule has 0 aromatic heterocycles. The number of nitrogens with zero attached hydrogens (tertiary/aromatic N) is 4. The van der Waals surface area contributed by atoms with Crippen LogP contribution in [-0.4, -0.2) is 81.1 Å². The van der Waals surface area contributed by atoms with E-state index in [9.17, 15) is 4.79 Å². The average molecular weight is 515 g/mol. The number of hydrogen-bond acceptors (Lipinski definition) is 4. The molecule has 8 heteroatoms. The zero-order chi connectivity index (χ0) is 19.9. The minimum absolute atomic E-state index is 0. The average Bonchev–Trinajstić information content (AvgIpc) is 3.20. The number of nitrogens with one attached hydrogen (secondary N) is 1. The number of guanidine groups is 1. The Labute approximate surface area is 191 Å². The maximum Gasteiger partial charge on any atom is 0.219 e. The molecule has 1 aromatic carbocycles. The predicted molar refractivity (Wildman–Crippen MR) is 129 cm³/mol. The van der Waals surface area contributed by atoms with E-state index in [1.54, 1.807) is 14.0 Å². The fraction of sp³-hybridized carbons (Fsp3) is 0.619. The van der Waals surface area contributed by atoms with Gasteiger partial charge in [-0.25, -0.2) is 0 Å². The third-order valence-electron chi connectivity index (χ3n) is 5.56. The molecule has 0 radical (unpaired) electrons. The Kier molecular flexibility index (Phi) is 9.32. The van der Waals surface area contributed by atoms with Crippen molar-refractivity contribution in [2.45, 2.75) is 20.3 Å². The molecule has 0 aliphatic carbocycles. The van der Waals surface area contributed by atoms with Crippen LogP contribution in [0.3, 0.4) is 0 Å². The summed E-state index contributed by atoms with van der Waals surface area (Å²) >= 11 is 0. The number of benzene rings is 1. The van der Waals surface area contributed by atoms with Crippen molar-refractivity contribution in [1.82, 2.24) is 15.1 Å². The summed E-state index contributed by atoms with van der Waals surface area (Å²) in [5.41, 5.74) is 1.22. The number of carbonyl (C=O) groups is 1. The zero-order valence-corrected chi connectivity index (χ0v) is 20.1. The topological polar surface area (TPSA) is 60.4 Å². The summed E-state index contributed by atoms with van der Waals surface area (Å²) in [5.74, 6) is 2.59. The molecule has 2 saturated heterocycles. The molecule has 1 N–H and O–H groups in total. The van der Waals surface area contributed by atoms with Gasteiger partial charge in [0.1, 0.15) is 5.75 Å². The van der Waals surface area contributed by atoms with Gasteiger partial charge in [0.15, 0.2) is 5.96 Å². The molecule has 1 amide bonds. The molecule has 1 aromatic rings. The molecule has 0 saturated carbocycles. The zero-order valence-electron chi connectivity index (χ0n) is 17.8. The number of anilines is 1. The molecule has 2 heterocycles. The Morgan fingerprint density at radius 1 is 1.21 bits per heavy atom.